The van der Waals surface area contributed by atoms with Crippen molar-refractivity contribution in [2.24, 2.45) is 0 Å². The molecule has 0 radical (unpaired) electrons. The zero-order valence-corrected chi connectivity index (χ0v) is 17.7. The highest BCUT2D eigenvalue weighted by Gasteiger charge is 2.23. The summed E-state index contributed by atoms with van der Waals surface area (Å²) in [6, 6.07) is 14.6. The van der Waals surface area contributed by atoms with Gasteiger partial charge in [-0.3, -0.25) is 4.79 Å². The highest BCUT2D eigenvalue weighted by Crippen LogP contribution is 2.24. The van der Waals surface area contributed by atoms with Crippen LogP contribution in [0.15, 0.2) is 48.5 Å². The molecule has 0 atom stereocenters. The molecule has 30 heavy (non-hydrogen) atoms. The molecule has 1 aliphatic heterocycles. The minimum absolute atomic E-state index is 0.0329. The fraction of sp³-hybridized carbons (Fsp3) is 0.381. The number of ether oxygens (including phenoxy) is 3. The van der Waals surface area contributed by atoms with Crippen LogP contribution < -0.4 is 14.8 Å². The van der Waals surface area contributed by atoms with Gasteiger partial charge >= 0.3 is 0 Å². The van der Waals surface area contributed by atoms with Crippen molar-refractivity contribution in [1.29, 1.82) is 0 Å². The van der Waals surface area contributed by atoms with Crippen molar-refractivity contribution < 1.29 is 27.4 Å². The molecule has 0 unspecified atom stereocenters. The molecule has 1 fully saturated rings. The van der Waals surface area contributed by atoms with Gasteiger partial charge in [-0.25, -0.2) is 8.42 Å². The molecular weight excluding hydrogens is 408 g/mol. The van der Waals surface area contributed by atoms with Gasteiger partial charge in [-0.15, -0.1) is 0 Å². The zero-order chi connectivity index (χ0) is 21.4. The van der Waals surface area contributed by atoms with E-state index in [0.29, 0.717) is 37.8 Å². The fourth-order valence-electron chi connectivity index (χ4n) is 2.82. The Balaban J connectivity index is 1.38. The van der Waals surface area contributed by atoms with Crippen LogP contribution in [0.5, 0.6) is 17.2 Å². The number of benzene rings is 2. The Morgan fingerprint density at radius 2 is 1.57 bits per heavy atom. The van der Waals surface area contributed by atoms with Crippen molar-refractivity contribution in [2.75, 3.05) is 45.2 Å². The molecule has 9 heteroatoms. The van der Waals surface area contributed by atoms with Crippen molar-refractivity contribution in [2.45, 2.75) is 6.92 Å². The summed E-state index contributed by atoms with van der Waals surface area (Å²) in [4.78, 5) is 11.9. The van der Waals surface area contributed by atoms with Crippen LogP contribution in [0, 0.1) is 6.92 Å². The Labute approximate surface area is 176 Å². The summed E-state index contributed by atoms with van der Waals surface area (Å²) >= 11 is 0. The van der Waals surface area contributed by atoms with E-state index < -0.39 is 10.0 Å². The Hall–Kier alpha value is -2.62. The van der Waals surface area contributed by atoms with Crippen LogP contribution in [0.25, 0.3) is 0 Å². The van der Waals surface area contributed by atoms with Crippen molar-refractivity contribution in [1.82, 2.24) is 9.62 Å². The number of aryl methyl sites for hydroxylation is 1. The SMILES string of the molecule is Cc1ccc(Oc2ccc(OCC(=O)NCCS(=O)(=O)N3CCOCC3)cc2)cc1. The van der Waals surface area contributed by atoms with Crippen LogP contribution in [-0.2, 0) is 19.6 Å². The molecule has 162 valence electrons. The van der Waals surface area contributed by atoms with Crippen LogP contribution in [0.1, 0.15) is 5.56 Å². The van der Waals surface area contributed by atoms with Crippen LogP contribution in [0.4, 0.5) is 0 Å². The normalized spacial score (nSPS) is 14.8. The third kappa shape index (κ3) is 6.72. The van der Waals surface area contributed by atoms with Gasteiger partial charge < -0.3 is 19.5 Å². The molecule has 0 aromatic heterocycles. The molecule has 1 N–H and O–H groups in total. The number of amides is 1. The van der Waals surface area contributed by atoms with Gasteiger partial charge in [0.05, 0.1) is 19.0 Å². The molecule has 0 aliphatic carbocycles. The predicted octanol–water partition coefficient (Wildman–Crippen LogP) is 1.94. The molecule has 1 amide bonds. The van der Waals surface area contributed by atoms with Crippen LogP contribution in [0.3, 0.4) is 0 Å². The van der Waals surface area contributed by atoms with E-state index >= 15 is 0 Å². The van der Waals surface area contributed by atoms with Gasteiger partial charge in [0, 0.05) is 19.6 Å². The summed E-state index contributed by atoms with van der Waals surface area (Å²) in [5, 5.41) is 2.57. The maximum absolute atomic E-state index is 12.2. The second-order valence-electron chi connectivity index (χ2n) is 6.85. The van der Waals surface area contributed by atoms with Gasteiger partial charge in [0.25, 0.3) is 5.91 Å². The average molecular weight is 435 g/mol. The van der Waals surface area contributed by atoms with E-state index in [1.165, 1.54) is 4.31 Å². The molecule has 1 aliphatic rings. The highest BCUT2D eigenvalue weighted by atomic mass is 32.2. The highest BCUT2D eigenvalue weighted by molar-refractivity contribution is 7.89. The molecule has 8 nitrogen and oxygen atoms in total. The molecule has 1 saturated heterocycles. The van der Waals surface area contributed by atoms with Crippen molar-refractivity contribution >= 4 is 15.9 Å². The molecule has 2 aromatic carbocycles. The smallest absolute Gasteiger partial charge is 0.257 e. The molecule has 3 rings (SSSR count). The first kappa shape index (κ1) is 22.1. The lowest BCUT2D eigenvalue weighted by atomic mass is 10.2. The molecule has 0 bridgehead atoms. The van der Waals surface area contributed by atoms with Gasteiger partial charge in [0.15, 0.2) is 6.61 Å². The summed E-state index contributed by atoms with van der Waals surface area (Å²) in [6.07, 6.45) is 0. The van der Waals surface area contributed by atoms with Crippen molar-refractivity contribution in [3.05, 3.63) is 54.1 Å². The van der Waals surface area contributed by atoms with E-state index in [2.05, 4.69) is 5.32 Å². The number of carbonyl (C=O) groups is 1. The van der Waals surface area contributed by atoms with Crippen LogP contribution >= 0.6 is 0 Å². The summed E-state index contributed by atoms with van der Waals surface area (Å²) < 4.78 is 42.1. The van der Waals surface area contributed by atoms with E-state index in [-0.39, 0.29) is 24.8 Å². The zero-order valence-electron chi connectivity index (χ0n) is 16.9. The average Bonchev–Trinajstić information content (AvgIpc) is 2.75. The van der Waals surface area contributed by atoms with Gasteiger partial charge in [0.2, 0.25) is 10.0 Å². The molecular formula is C21H26N2O6S. The first-order valence-electron chi connectivity index (χ1n) is 9.72. The second kappa shape index (κ2) is 10.4. The topological polar surface area (TPSA) is 94.2 Å². The van der Waals surface area contributed by atoms with E-state index in [0.717, 1.165) is 11.3 Å². The Morgan fingerprint density at radius 3 is 2.20 bits per heavy atom. The molecule has 0 saturated carbocycles. The first-order valence-corrected chi connectivity index (χ1v) is 11.3. The van der Waals surface area contributed by atoms with Crippen molar-refractivity contribution in [3.8, 4) is 17.2 Å². The third-order valence-electron chi connectivity index (χ3n) is 4.50. The number of nitrogens with zero attached hydrogens (tertiary/aromatic N) is 1. The third-order valence-corrected chi connectivity index (χ3v) is 6.37. The molecule has 1 heterocycles. The van der Waals surface area contributed by atoms with Gasteiger partial charge in [-0.1, -0.05) is 17.7 Å². The standard InChI is InChI=1S/C21H26N2O6S/c1-17-2-4-19(5-3-17)29-20-8-6-18(7-9-20)28-16-21(24)22-10-15-30(25,26)23-11-13-27-14-12-23/h2-9H,10-16H2,1H3,(H,22,24). The maximum atomic E-state index is 12.2. The largest absolute Gasteiger partial charge is 0.484 e. The molecule has 0 spiro atoms. The monoisotopic (exact) mass is 434 g/mol. The van der Waals surface area contributed by atoms with Crippen LogP contribution in [-0.4, -0.2) is 63.8 Å². The predicted molar refractivity (Wildman–Crippen MR) is 112 cm³/mol. The number of hydrogen-bond donors (Lipinski definition) is 1. The quantitative estimate of drug-likeness (QED) is 0.648. The number of rotatable bonds is 9. The van der Waals surface area contributed by atoms with E-state index in [9.17, 15) is 13.2 Å². The number of morpholine rings is 1. The number of hydrogen-bond acceptors (Lipinski definition) is 6. The van der Waals surface area contributed by atoms with E-state index in [4.69, 9.17) is 14.2 Å². The maximum Gasteiger partial charge on any atom is 0.257 e. The van der Waals surface area contributed by atoms with Gasteiger partial charge in [-0.05, 0) is 43.3 Å². The molecule has 2 aromatic rings. The summed E-state index contributed by atoms with van der Waals surface area (Å²) in [5.41, 5.74) is 1.16. The summed E-state index contributed by atoms with van der Waals surface area (Å²) in [5.74, 6) is 1.38. The summed E-state index contributed by atoms with van der Waals surface area (Å²) in [6.45, 7) is 3.34. The van der Waals surface area contributed by atoms with E-state index in [1.807, 2.05) is 31.2 Å². The van der Waals surface area contributed by atoms with Crippen LogP contribution in [0.2, 0.25) is 0 Å². The van der Waals surface area contributed by atoms with Gasteiger partial charge in [0.1, 0.15) is 17.2 Å². The van der Waals surface area contributed by atoms with Crippen molar-refractivity contribution in [3.63, 3.8) is 0 Å². The van der Waals surface area contributed by atoms with Gasteiger partial charge in [-0.2, -0.15) is 4.31 Å². The lowest BCUT2D eigenvalue weighted by Crippen LogP contribution is -2.44. The first-order chi connectivity index (χ1) is 14.4. The minimum atomic E-state index is -3.40. The number of sulfonamides is 1. The van der Waals surface area contributed by atoms with E-state index in [1.54, 1.807) is 24.3 Å². The Kier molecular flexibility index (Phi) is 7.67. The fourth-order valence-corrected chi connectivity index (χ4v) is 4.14. The summed E-state index contributed by atoms with van der Waals surface area (Å²) in [7, 11) is -3.40. The lowest BCUT2D eigenvalue weighted by Gasteiger charge is -2.26. The Morgan fingerprint density at radius 1 is 1.00 bits per heavy atom. The second-order valence-corrected chi connectivity index (χ2v) is 8.94. The minimum Gasteiger partial charge on any atom is -0.484 e. The number of carbonyl (C=O) groups excluding carboxylic acids is 1. The number of nitrogens with one attached hydrogen (secondary N) is 1. The lowest BCUT2D eigenvalue weighted by molar-refractivity contribution is -0.122. The Bertz CT molecular complexity index is 923.